The number of methoxy groups -OCH3 is 1. The predicted octanol–water partition coefficient (Wildman–Crippen LogP) is 4.02. The Kier molecular flexibility index (Phi) is 8.31. The Morgan fingerprint density at radius 3 is 2.48 bits per heavy atom. The lowest BCUT2D eigenvalue weighted by Gasteiger charge is -2.44. The molecule has 174 valence electrons. The van der Waals surface area contributed by atoms with Gasteiger partial charge < -0.3 is 15.0 Å². The largest absolute Gasteiger partial charge is 0.496 e. The SMILES string of the molecule is CCCN(C(=N)NC#N)C1CCC(CNC(=O)c2ccccc2OC)(c2ccccc2)CC1. The first-order valence-electron chi connectivity index (χ1n) is 11.5. The molecule has 7 nitrogen and oxygen atoms in total. The monoisotopic (exact) mass is 447 g/mol. The fourth-order valence-corrected chi connectivity index (χ4v) is 4.85. The first-order chi connectivity index (χ1) is 16.0. The Balaban J connectivity index is 1.77. The lowest BCUT2D eigenvalue weighted by Crippen LogP contribution is -2.51. The van der Waals surface area contributed by atoms with Crippen LogP contribution in [0.2, 0.25) is 0 Å². The van der Waals surface area contributed by atoms with Crippen molar-refractivity contribution in [2.75, 3.05) is 20.2 Å². The van der Waals surface area contributed by atoms with Crippen molar-refractivity contribution in [1.29, 1.82) is 10.7 Å². The van der Waals surface area contributed by atoms with Crippen molar-refractivity contribution in [1.82, 2.24) is 15.5 Å². The zero-order valence-corrected chi connectivity index (χ0v) is 19.4. The van der Waals surface area contributed by atoms with Crippen molar-refractivity contribution < 1.29 is 9.53 Å². The van der Waals surface area contributed by atoms with E-state index in [1.165, 1.54) is 5.56 Å². The molecular formula is C26H33N5O2. The van der Waals surface area contributed by atoms with E-state index in [1.54, 1.807) is 19.2 Å². The Labute approximate surface area is 196 Å². The van der Waals surface area contributed by atoms with Crippen LogP contribution in [0.5, 0.6) is 5.75 Å². The Hall–Kier alpha value is -3.53. The number of amides is 1. The van der Waals surface area contributed by atoms with Crippen LogP contribution in [0.3, 0.4) is 0 Å². The van der Waals surface area contributed by atoms with Crippen molar-refractivity contribution in [3.05, 3.63) is 65.7 Å². The molecule has 1 aliphatic rings. The highest BCUT2D eigenvalue weighted by Crippen LogP contribution is 2.40. The molecule has 33 heavy (non-hydrogen) atoms. The van der Waals surface area contributed by atoms with Crippen LogP contribution in [-0.2, 0) is 5.41 Å². The van der Waals surface area contributed by atoms with E-state index in [0.717, 1.165) is 38.6 Å². The highest BCUT2D eigenvalue weighted by Gasteiger charge is 2.39. The van der Waals surface area contributed by atoms with E-state index in [2.05, 4.69) is 29.7 Å². The first-order valence-corrected chi connectivity index (χ1v) is 11.5. The Morgan fingerprint density at radius 2 is 1.85 bits per heavy atom. The molecule has 1 fully saturated rings. The summed E-state index contributed by atoms with van der Waals surface area (Å²) in [6, 6.07) is 17.8. The van der Waals surface area contributed by atoms with Crippen molar-refractivity contribution in [3.8, 4) is 11.9 Å². The molecule has 0 aromatic heterocycles. The topological polar surface area (TPSA) is 101 Å². The van der Waals surface area contributed by atoms with Gasteiger partial charge in [-0.2, -0.15) is 5.26 Å². The molecule has 3 N–H and O–H groups in total. The van der Waals surface area contributed by atoms with Gasteiger partial charge in [0.05, 0.1) is 12.7 Å². The van der Waals surface area contributed by atoms with Crippen LogP contribution in [0.4, 0.5) is 0 Å². The summed E-state index contributed by atoms with van der Waals surface area (Å²) in [4.78, 5) is 15.0. The summed E-state index contributed by atoms with van der Waals surface area (Å²) in [5, 5.41) is 22.9. The summed E-state index contributed by atoms with van der Waals surface area (Å²) in [5.74, 6) is 0.588. The molecule has 1 saturated carbocycles. The van der Waals surface area contributed by atoms with Crippen molar-refractivity contribution in [2.24, 2.45) is 0 Å². The second-order valence-electron chi connectivity index (χ2n) is 8.54. The quantitative estimate of drug-likeness (QED) is 0.246. The van der Waals surface area contributed by atoms with E-state index in [4.69, 9.17) is 15.4 Å². The molecule has 1 aliphatic carbocycles. The van der Waals surface area contributed by atoms with Gasteiger partial charge in [-0.1, -0.05) is 49.4 Å². The molecule has 1 amide bonds. The lowest BCUT2D eigenvalue weighted by atomic mass is 9.67. The fraction of sp³-hybridized carbons (Fsp3) is 0.423. The maximum atomic E-state index is 13.0. The highest BCUT2D eigenvalue weighted by molar-refractivity contribution is 5.97. The molecule has 0 unspecified atom stereocenters. The Bertz CT molecular complexity index is 978. The van der Waals surface area contributed by atoms with Crippen LogP contribution in [0, 0.1) is 16.9 Å². The summed E-state index contributed by atoms with van der Waals surface area (Å²) in [6.45, 7) is 3.35. The summed E-state index contributed by atoms with van der Waals surface area (Å²) in [7, 11) is 1.57. The molecule has 3 rings (SSSR count). The van der Waals surface area contributed by atoms with Gasteiger partial charge in [0.25, 0.3) is 5.91 Å². The number of rotatable bonds is 8. The minimum Gasteiger partial charge on any atom is -0.496 e. The third kappa shape index (κ3) is 5.64. The molecule has 0 bridgehead atoms. The number of carbonyl (C=O) groups is 1. The van der Waals surface area contributed by atoms with Gasteiger partial charge in [0, 0.05) is 24.5 Å². The van der Waals surface area contributed by atoms with Crippen LogP contribution in [0.15, 0.2) is 54.6 Å². The van der Waals surface area contributed by atoms with Gasteiger partial charge in [-0.15, -0.1) is 0 Å². The highest BCUT2D eigenvalue weighted by atomic mass is 16.5. The van der Waals surface area contributed by atoms with Gasteiger partial charge >= 0.3 is 0 Å². The molecule has 0 heterocycles. The van der Waals surface area contributed by atoms with E-state index >= 15 is 0 Å². The molecule has 0 aliphatic heterocycles. The van der Waals surface area contributed by atoms with Crippen LogP contribution >= 0.6 is 0 Å². The summed E-state index contributed by atoms with van der Waals surface area (Å²) >= 11 is 0. The minimum atomic E-state index is -0.182. The zero-order chi connectivity index (χ0) is 23.7. The van der Waals surface area contributed by atoms with Crippen LogP contribution < -0.4 is 15.4 Å². The molecule has 7 heteroatoms. The molecular weight excluding hydrogens is 414 g/mol. The average molecular weight is 448 g/mol. The van der Waals surface area contributed by atoms with E-state index in [-0.39, 0.29) is 23.3 Å². The van der Waals surface area contributed by atoms with Gasteiger partial charge in [-0.05, 0) is 49.8 Å². The normalized spacial score (nSPS) is 19.7. The van der Waals surface area contributed by atoms with E-state index in [0.29, 0.717) is 17.9 Å². The number of para-hydroxylation sites is 1. The number of nitrogens with zero attached hydrogens (tertiary/aromatic N) is 2. The summed E-state index contributed by atoms with van der Waals surface area (Å²) < 4.78 is 5.36. The van der Waals surface area contributed by atoms with Gasteiger partial charge in [-0.25, -0.2) is 0 Å². The molecule has 0 saturated heterocycles. The van der Waals surface area contributed by atoms with Gasteiger partial charge in [-0.3, -0.25) is 15.5 Å². The predicted molar refractivity (Wildman–Crippen MR) is 129 cm³/mol. The number of guanidine groups is 1. The van der Waals surface area contributed by atoms with E-state index < -0.39 is 0 Å². The number of ether oxygens (including phenoxy) is 1. The standard InChI is InChI=1S/C26H33N5O2/c1-3-17-31(25(28)30-19-27)21-13-15-26(16-14-21,20-9-5-4-6-10-20)18-29-24(32)22-11-7-8-12-23(22)33-2/h4-12,21H,3,13-18H2,1-2H3,(H2,28,30)(H,29,32). The summed E-state index contributed by atoms with van der Waals surface area (Å²) in [5.41, 5.74) is 1.57. The van der Waals surface area contributed by atoms with Crippen molar-refractivity contribution in [2.45, 2.75) is 50.5 Å². The maximum absolute atomic E-state index is 13.0. The number of benzene rings is 2. The first kappa shape index (κ1) is 24.1. The second-order valence-corrected chi connectivity index (χ2v) is 8.54. The average Bonchev–Trinajstić information content (AvgIpc) is 2.87. The molecule has 2 aromatic rings. The molecule has 0 radical (unpaired) electrons. The van der Waals surface area contributed by atoms with Crippen LogP contribution in [0.25, 0.3) is 0 Å². The smallest absolute Gasteiger partial charge is 0.255 e. The molecule has 2 aromatic carbocycles. The minimum absolute atomic E-state index is 0.141. The number of nitrogens with one attached hydrogen (secondary N) is 3. The van der Waals surface area contributed by atoms with Crippen LogP contribution in [0.1, 0.15) is 54.9 Å². The van der Waals surface area contributed by atoms with E-state index in [9.17, 15) is 4.79 Å². The van der Waals surface area contributed by atoms with Crippen molar-refractivity contribution >= 4 is 11.9 Å². The van der Waals surface area contributed by atoms with Gasteiger partial charge in [0.1, 0.15) is 5.75 Å². The van der Waals surface area contributed by atoms with Gasteiger partial charge in [0.15, 0.2) is 6.19 Å². The summed E-state index contributed by atoms with van der Waals surface area (Å²) in [6.07, 6.45) is 6.31. The molecule has 0 spiro atoms. The lowest BCUT2D eigenvalue weighted by molar-refractivity contribution is 0.0926. The van der Waals surface area contributed by atoms with Crippen molar-refractivity contribution in [3.63, 3.8) is 0 Å². The molecule has 0 atom stereocenters. The fourth-order valence-electron chi connectivity index (χ4n) is 4.85. The number of carbonyl (C=O) groups excluding carboxylic acids is 1. The van der Waals surface area contributed by atoms with Crippen LogP contribution in [-0.4, -0.2) is 43.0 Å². The third-order valence-corrected chi connectivity index (χ3v) is 6.60. The van der Waals surface area contributed by atoms with Gasteiger partial charge in [0.2, 0.25) is 5.96 Å². The Morgan fingerprint density at radius 1 is 1.18 bits per heavy atom. The maximum Gasteiger partial charge on any atom is 0.255 e. The number of hydrogen-bond acceptors (Lipinski definition) is 4. The third-order valence-electron chi connectivity index (χ3n) is 6.60. The van der Waals surface area contributed by atoms with E-state index in [1.807, 2.05) is 41.4 Å². The second kappa shape index (κ2) is 11.4. The zero-order valence-electron chi connectivity index (χ0n) is 19.4. The number of hydrogen-bond donors (Lipinski definition) is 3. The number of nitriles is 1.